The normalized spacial score (nSPS) is 42.5. The third-order valence-corrected chi connectivity index (χ3v) is 4.44. The lowest BCUT2D eigenvalue weighted by Gasteiger charge is -2.43. The van der Waals surface area contributed by atoms with Gasteiger partial charge in [0.15, 0.2) is 0 Å². The first-order chi connectivity index (χ1) is 7.13. The summed E-state index contributed by atoms with van der Waals surface area (Å²) in [6, 6.07) is 0. The molecule has 0 bridgehead atoms. The molecule has 2 aliphatic carbocycles. The van der Waals surface area contributed by atoms with E-state index in [2.05, 4.69) is 19.9 Å². The van der Waals surface area contributed by atoms with Crippen LogP contribution in [-0.2, 0) is 0 Å². The molecule has 0 radical (unpaired) electrons. The van der Waals surface area contributed by atoms with Crippen LogP contribution >= 0.6 is 0 Å². The molecule has 1 N–H and O–H groups in total. The monoisotopic (exact) mass is 208 g/mol. The highest BCUT2D eigenvalue weighted by atomic mass is 16.3. The summed E-state index contributed by atoms with van der Waals surface area (Å²) < 4.78 is 0. The third kappa shape index (κ3) is 2.13. The van der Waals surface area contributed by atoms with E-state index in [1.165, 1.54) is 37.7 Å². The summed E-state index contributed by atoms with van der Waals surface area (Å²) in [5, 5.41) is 10.8. The summed E-state index contributed by atoms with van der Waals surface area (Å²) in [5.74, 6) is 1.25. The van der Waals surface area contributed by atoms with Gasteiger partial charge >= 0.3 is 0 Å². The van der Waals surface area contributed by atoms with Gasteiger partial charge in [-0.05, 0) is 62.4 Å². The molecule has 0 heterocycles. The number of allylic oxidation sites excluding steroid dienone is 1. The Kier molecular flexibility index (Phi) is 3.20. The summed E-state index contributed by atoms with van der Waals surface area (Å²) >= 11 is 0. The minimum absolute atomic E-state index is 0.450. The van der Waals surface area contributed by atoms with Crippen LogP contribution < -0.4 is 0 Å². The lowest BCUT2D eigenvalue weighted by molar-refractivity contribution is -0.0244. The highest BCUT2D eigenvalue weighted by Gasteiger charge is 2.41. The Bertz CT molecular complexity index is 256. The summed E-state index contributed by atoms with van der Waals surface area (Å²) in [6.07, 6.45) is 10.6. The third-order valence-electron chi connectivity index (χ3n) is 4.44. The fourth-order valence-corrected chi connectivity index (χ4v) is 3.34. The molecule has 3 atom stereocenters. The van der Waals surface area contributed by atoms with E-state index in [9.17, 15) is 5.11 Å². The van der Waals surface area contributed by atoms with Crippen molar-refractivity contribution >= 4 is 0 Å². The summed E-state index contributed by atoms with van der Waals surface area (Å²) in [6.45, 7) is 4.54. The predicted molar refractivity (Wildman–Crippen MR) is 63.7 cm³/mol. The molecule has 1 fully saturated rings. The Balaban J connectivity index is 2.14. The summed E-state index contributed by atoms with van der Waals surface area (Å²) in [4.78, 5) is 0. The molecule has 15 heavy (non-hydrogen) atoms. The van der Waals surface area contributed by atoms with Crippen LogP contribution in [0.15, 0.2) is 11.6 Å². The number of hydrogen-bond donors (Lipinski definition) is 1. The molecule has 1 heteroatoms. The maximum atomic E-state index is 10.8. The van der Waals surface area contributed by atoms with Gasteiger partial charge in [-0.25, -0.2) is 0 Å². The van der Waals surface area contributed by atoms with Crippen LogP contribution in [0.2, 0.25) is 0 Å². The summed E-state index contributed by atoms with van der Waals surface area (Å²) in [5.41, 5.74) is 0.903. The van der Waals surface area contributed by atoms with Gasteiger partial charge < -0.3 is 5.11 Å². The van der Waals surface area contributed by atoms with Crippen molar-refractivity contribution in [2.24, 2.45) is 11.8 Å². The average molecular weight is 208 g/mol. The molecule has 1 saturated carbocycles. The van der Waals surface area contributed by atoms with Crippen molar-refractivity contribution in [1.29, 1.82) is 0 Å². The molecule has 2 aliphatic rings. The zero-order valence-electron chi connectivity index (χ0n) is 10.1. The van der Waals surface area contributed by atoms with E-state index >= 15 is 0 Å². The molecule has 0 aromatic rings. The van der Waals surface area contributed by atoms with Crippen LogP contribution in [-0.4, -0.2) is 10.7 Å². The van der Waals surface area contributed by atoms with Crippen molar-refractivity contribution in [2.45, 2.75) is 64.4 Å². The van der Waals surface area contributed by atoms with Gasteiger partial charge in [0.05, 0.1) is 5.60 Å². The zero-order chi connectivity index (χ0) is 10.9. The van der Waals surface area contributed by atoms with Crippen LogP contribution in [0.5, 0.6) is 0 Å². The lowest BCUT2D eigenvalue weighted by atomic mass is 9.67. The number of rotatable bonds is 1. The van der Waals surface area contributed by atoms with Crippen LogP contribution in [0.4, 0.5) is 0 Å². The maximum absolute atomic E-state index is 10.8. The Morgan fingerprint density at radius 2 is 2.13 bits per heavy atom. The fraction of sp³-hybridized carbons (Fsp3) is 0.857. The van der Waals surface area contributed by atoms with Gasteiger partial charge in [-0.2, -0.15) is 0 Å². The van der Waals surface area contributed by atoms with Gasteiger partial charge in [-0.3, -0.25) is 0 Å². The molecule has 1 nitrogen and oxygen atoms in total. The SMILES string of the molecule is CC1CCC(O)(C2=CCCCC2)C(C)C1. The molecule has 0 saturated heterocycles. The van der Waals surface area contributed by atoms with Crippen molar-refractivity contribution in [3.63, 3.8) is 0 Å². The van der Waals surface area contributed by atoms with E-state index in [-0.39, 0.29) is 0 Å². The largest absolute Gasteiger partial charge is 0.385 e. The molecule has 0 aliphatic heterocycles. The van der Waals surface area contributed by atoms with Gasteiger partial charge in [0.2, 0.25) is 0 Å². The smallest absolute Gasteiger partial charge is 0.0882 e. The molecule has 0 spiro atoms. The maximum Gasteiger partial charge on any atom is 0.0882 e. The Morgan fingerprint density at radius 3 is 2.73 bits per heavy atom. The first-order valence-corrected chi connectivity index (χ1v) is 6.55. The second kappa shape index (κ2) is 4.29. The van der Waals surface area contributed by atoms with E-state index in [4.69, 9.17) is 0 Å². The van der Waals surface area contributed by atoms with Gasteiger partial charge in [0.1, 0.15) is 0 Å². The minimum Gasteiger partial charge on any atom is -0.385 e. The number of aliphatic hydroxyl groups is 1. The van der Waals surface area contributed by atoms with Crippen molar-refractivity contribution < 1.29 is 5.11 Å². The van der Waals surface area contributed by atoms with Crippen molar-refractivity contribution in [3.8, 4) is 0 Å². The second-order valence-electron chi connectivity index (χ2n) is 5.68. The van der Waals surface area contributed by atoms with E-state index in [1.54, 1.807) is 0 Å². The Labute approximate surface area is 93.6 Å². The van der Waals surface area contributed by atoms with Crippen LogP contribution in [0.3, 0.4) is 0 Å². The molecular formula is C14H24O. The van der Waals surface area contributed by atoms with Crippen LogP contribution in [0.25, 0.3) is 0 Å². The molecule has 0 aromatic heterocycles. The molecule has 0 aromatic carbocycles. The van der Waals surface area contributed by atoms with E-state index in [0.29, 0.717) is 5.92 Å². The van der Waals surface area contributed by atoms with Gasteiger partial charge in [-0.1, -0.05) is 19.9 Å². The standard InChI is InChI=1S/C14H24O/c1-11-8-9-14(15,12(2)10-11)13-6-4-3-5-7-13/h6,11-12,15H,3-5,7-10H2,1-2H3. The fourth-order valence-electron chi connectivity index (χ4n) is 3.34. The lowest BCUT2D eigenvalue weighted by Crippen LogP contribution is -2.43. The van der Waals surface area contributed by atoms with Crippen LogP contribution in [0.1, 0.15) is 58.8 Å². The van der Waals surface area contributed by atoms with E-state index in [0.717, 1.165) is 18.8 Å². The predicted octanol–water partition coefficient (Wildman–Crippen LogP) is 3.67. The quantitative estimate of drug-likeness (QED) is 0.652. The number of hydrogen-bond acceptors (Lipinski definition) is 1. The van der Waals surface area contributed by atoms with E-state index < -0.39 is 5.60 Å². The second-order valence-corrected chi connectivity index (χ2v) is 5.68. The van der Waals surface area contributed by atoms with E-state index in [1.807, 2.05) is 0 Å². The molecular weight excluding hydrogens is 184 g/mol. The first kappa shape index (κ1) is 11.2. The van der Waals surface area contributed by atoms with Crippen molar-refractivity contribution in [1.82, 2.24) is 0 Å². The topological polar surface area (TPSA) is 20.2 Å². The van der Waals surface area contributed by atoms with Gasteiger partial charge in [-0.15, -0.1) is 0 Å². The van der Waals surface area contributed by atoms with Crippen molar-refractivity contribution in [2.75, 3.05) is 0 Å². The average Bonchev–Trinajstić information content (AvgIpc) is 2.25. The van der Waals surface area contributed by atoms with Gasteiger partial charge in [0.25, 0.3) is 0 Å². The molecule has 86 valence electrons. The van der Waals surface area contributed by atoms with Gasteiger partial charge in [0, 0.05) is 0 Å². The molecule has 0 amide bonds. The zero-order valence-corrected chi connectivity index (χ0v) is 10.1. The highest BCUT2D eigenvalue weighted by molar-refractivity contribution is 5.21. The molecule has 2 rings (SSSR count). The first-order valence-electron chi connectivity index (χ1n) is 6.55. The van der Waals surface area contributed by atoms with Crippen LogP contribution in [0, 0.1) is 11.8 Å². The Morgan fingerprint density at radius 1 is 1.33 bits per heavy atom. The minimum atomic E-state index is -0.451. The highest BCUT2D eigenvalue weighted by Crippen LogP contribution is 2.43. The molecule has 3 unspecified atom stereocenters. The summed E-state index contributed by atoms with van der Waals surface area (Å²) in [7, 11) is 0. The van der Waals surface area contributed by atoms with Crippen molar-refractivity contribution in [3.05, 3.63) is 11.6 Å². The Hall–Kier alpha value is -0.300.